The maximum Gasteiger partial charge on any atom is 0.335 e. The lowest BCUT2D eigenvalue weighted by molar-refractivity contribution is 0.0697. The van der Waals surface area contributed by atoms with Crippen LogP contribution in [0.25, 0.3) is 0 Å². The highest BCUT2D eigenvalue weighted by Gasteiger charge is 2.04. The second kappa shape index (κ2) is 7.19. The lowest BCUT2D eigenvalue weighted by atomic mass is 10.2. The molecule has 2 rings (SSSR count). The van der Waals surface area contributed by atoms with Gasteiger partial charge in [0.2, 0.25) is 0 Å². The molecule has 0 aliphatic rings. The number of rotatable bonds is 7. The van der Waals surface area contributed by atoms with Gasteiger partial charge in [0, 0.05) is 0 Å². The Balaban J connectivity index is 1.80. The van der Waals surface area contributed by atoms with Crippen LogP contribution in [-0.2, 0) is 0 Å². The van der Waals surface area contributed by atoms with Gasteiger partial charge in [0.05, 0.1) is 12.7 Å². The van der Waals surface area contributed by atoms with Crippen molar-refractivity contribution in [1.82, 2.24) is 0 Å². The summed E-state index contributed by atoms with van der Waals surface area (Å²) in [5.74, 6) is 0.970. The van der Waals surface area contributed by atoms with Gasteiger partial charge in [0.1, 0.15) is 19.0 Å². The number of hydrogen-bond donors (Lipinski definition) is 1. The molecule has 0 unspecified atom stereocenters. The van der Waals surface area contributed by atoms with Crippen LogP contribution in [0.5, 0.6) is 17.2 Å². The Morgan fingerprint density at radius 3 is 2.19 bits per heavy atom. The Bertz CT molecular complexity index is 592. The van der Waals surface area contributed by atoms with Crippen molar-refractivity contribution in [3.8, 4) is 17.2 Å². The topological polar surface area (TPSA) is 65.0 Å². The predicted octanol–water partition coefficient (Wildman–Crippen LogP) is 2.85. The molecule has 5 nitrogen and oxygen atoms in total. The van der Waals surface area contributed by atoms with E-state index in [9.17, 15) is 4.79 Å². The maximum absolute atomic E-state index is 10.7. The van der Waals surface area contributed by atoms with Crippen molar-refractivity contribution in [1.29, 1.82) is 0 Å². The van der Waals surface area contributed by atoms with Crippen LogP contribution < -0.4 is 14.2 Å². The largest absolute Gasteiger partial charge is 0.493 e. The Labute approximate surface area is 122 Å². The first-order chi connectivity index (χ1) is 10.2. The SMILES string of the molecule is COc1ccccc1OCCOc1ccc(C(=O)O)cc1. The van der Waals surface area contributed by atoms with Gasteiger partial charge in [-0.1, -0.05) is 12.1 Å². The quantitative estimate of drug-likeness (QED) is 0.794. The van der Waals surface area contributed by atoms with Crippen LogP contribution in [-0.4, -0.2) is 31.4 Å². The van der Waals surface area contributed by atoms with E-state index in [1.807, 2.05) is 24.3 Å². The predicted molar refractivity (Wildman–Crippen MR) is 77.4 cm³/mol. The number of hydrogen-bond acceptors (Lipinski definition) is 4. The third-order valence-electron chi connectivity index (χ3n) is 2.78. The van der Waals surface area contributed by atoms with Gasteiger partial charge in [-0.15, -0.1) is 0 Å². The van der Waals surface area contributed by atoms with E-state index in [-0.39, 0.29) is 5.56 Å². The zero-order chi connectivity index (χ0) is 15.1. The van der Waals surface area contributed by atoms with Gasteiger partial charge in [-0.05, 0) is 36.4 Å². The molecule has 0 atom stereocenters. The van der Waals surface area contributed by atoms with Gasteiger partial charge in [0.15, 0.2) is 11.5 Å². The minimum Gasteiger partial charge on any atom is -0.493 e. The maximum atomic E-state index is 10.7. The number of methoxy groups -OCH3 is 1. The van der Waals surface area contributed by atoms with E-state index < -0.39 is 5.97 Å². The highest BCUT2D eigenvalue weighted by Crippen LogP contribution is 2.25. The number of para-hydroxylation sites is 2. The van der Waals surface area contributed by atoms with Crippen molar-refractivity contribution in [2.75, 3.05) is 20.3 Å². The standard InChI is InChI=1S/C16H16O5/c1-19-14-4-2-3-5-15(14)21-11-10-20-13-8-6-12(7-9-13)16(17)18/h2-9H,10-11H2,1H3,(H,17,18). The van der Waals surface area contributed by atoms with Crippen molar-refractivity contribution in [2.24, 2.45) is 0 Å². The summed E-state index contributed by atoms with van der Waals surface area (Å²) in [5.41, 5.74) is 0.229. The molecule has 0 radical (unpaired) electrons. The zero-order valence-corrected chi connectivity index (χ0v) is 11.6. The molecule has 110 valence electrons. The number of carboxylic acids is 1. The summed E-state index contributed by atoms with van der Waals surface area (Å²) in [5, 5.41) is 8.79. The monoisotopic (exact) mass is 288 g/mol. The van der Waals surface area contributed by atoms with Crippen molar-refractivity contribution < 1.29 is 24.1 Å². The molecule has 0 saturated heterocycles. The summed E-state index contributed by atoms with van der Waals surface area (Å²) in [6, 6.07) is 13.6. The third-order valence-corrected chi connectivity index (χ3v) is 2.78. The summed E-state index contributed by atoms with van der Waals surface area (Å²) in [6.07, 6.45) is 0. The zero-order valence-electron chi connectivity index (χ0n) is 11.6. The Kier molecular flexibility index (Phi) is 5.04. The van der Waals surface area contributed by atoms with E-state index in [1.54, 1.807) is 19.2 Å². The molecule has 0 aliphatic carbocycles. The summed E-state index contributed by atoms with van der Waals surface area (Å²) in [6.45, 7) is 0.714. The Morgan fingerprint density at radius 1 is 0.952 bits per heavy atom. The lowest BCUT2D eigenvalue weighted by Crippen LogP contribution is -2.09. The summed E-state index contributed by atoms with van der Waals surface area (Å²) in [4.78, 5) is 10.7. The molecule has 0 heterocycles. The fraction of sp³-hybridized carbons (Fsp3) is 0.188. The lowest BCUT2D eigenvalue weighted by Gasteiger charge is -2.11. The van der Waals surface area contributed by atoms with Crippen LogP contribution in [0.3, 0.4) is 0 Å². The summed E-state index contributed by atoms with van der Waals surface area (Å²) in [7, 11) is 1.59. The van der Waals surface area contributed by atoms with E-state index in [0.717, 1.165) is 0 Å². The number of carboxylic acid groups (broad SMARTS) is 1. The highest BCUT2D eigenvalue weighted by molar-refractivity contribution is 5.87. The minimum absolute atomic E-state index is 0.229. The van der Waals surface area contributed by atoms with E-state index >= 15 is 0 Å². The molecule has 2 aromatic carbocycles. The number of ether oxygens (including phenoxy) is 3. The molecule has 2 aromatic rings. The molecule has 0 amide bonds. The first-order valence-electron chi connectivity index (χ1n) is 6.42. The number of carbonyl (C=O) groups is 1. The first kappa shape index (κ1) is 14.7. The van der Waals surface area contributed by atoms with Crippen molar-refractivity contribution >= 4 is 5.97 Å². The van der Waals surface area contributed by atoms with Gasteiger partial charge in [-0.2, -0.15) is 0 Å². The van der Waals surface area contributed by atoms with Crippen LogP contribution in [0.4, 0.5) is 0 Å². The summed E-state index contributed by atoms with van der Waals surface area (Å²) >= 11 is 0. The van der Waals surface area contributed by atoms with E-state index in [0.29, 0.717) is 30.5 Å². The fourth-order valence-corrected chi connectivity index (χ4v) is 1.74. The molecule has 5 heteroatoms. The summed E-state index contributed by atoms with van der Waals surface area (Å²) < 4.78 is 16.2. The molecular formula is C16H16O5. The second-order valence-corrected chi connectivity index (χ2v) is 4.18. The van der Waals surface area contributed by atoms with Gasteiger partial charge >= 0.3 is 5.97 Å². The molecule has 0 fully saturated rings. The molecule has 1 N–H and O–H groups in total. The van der Waals surface area contributed by atoms with Crippen LogP contribution in [0.1, 0.15) is 10.4 Å². The molecular weight excluding hydrogens is 272 g/mol. The van der Waals surface area contributed by atoms with Gasteiger partial charge in [-0.25, -0.2) is 4.79 Å². The van der Waals surface area contributed by atoms with Crippen LogP contribution in [0.2, 0.25) is 0 Å². The molecule has 0 aliphatic heterocycles. The normalized spacial score (nSPS) is 9.95. The third kappa shape index (κ3) is 4.14. The second-order valence-electron chi connectivity index (χ2n) is 4.18. The average Bonchev–Trinajstić information content (AvgIpc) is 2.52. The number of aromatic carboxylic acids is 1. The van der Waals surface area contributed by atoms with Crippen molar-refractivity contribution in [3.63, 3.8) is 0 Å². The minimum atomic E-state index is -0.957. The molecule has 0 bridgehead atoms. The van der Waals surface area contributed by atoms with Crippen LogP contribution in [0.15, 0.2) is 48.5 Å². The van der Waals surface area contributed by atoms with Crippen molar-refractivity contribution in [2.45, 2.75) is 0 Å². The Morgan fingerprint density at radius 2 is 1.57 bits per heavy atom. The van der Waals surface area contributed by atoms with E-state index in [4.69, 9.17) is 19.3 Å². The first-order valence-corrected chi connectivity index (χ1v) is 6.42. The number of benzene rings is 2. The van der Waals surface area contributed by atoms with Gasteiger partial charge in [-0.3, -0.25) is 0 Å². The van der Waals surface area contributed by atoms with Crippen LogP contribution >= 0.6 is 0 Å². The van der Waals surface area contributed by atoms with Crippen molar-refractivity contribution in [3.05, 3.63) is 54.1 Å². The smallest absolute Gasteiger partial charge is 0.335 e. The van der Waals surface area contributed by atoms with Gasteiger partial charge in [0.25, 0.3) is 0 Å². The average molecular weight is 288 g/mol. The molecule has 21 heavy (non-hydrogen) atoms. The van der Waals surface area contributed by atoms with Gasteiger partial charge < -0.3 is 19.3 Å². The molecule has 0 spiro atoms. The van der Waals surface area contributed by atoms with Crippen LogP contribution in [0, 0.1) is 0 Å². The fourth-order valence-electron chi connectivity index (χ4n) is 1.74. The van der Waals surface area contributed by atoms with E-state index in [2.05, 4.69) is 0 Å². The molecule has 0 aromatic heterocycles. The molecule has 0 saturated carbocycles. The highest BCUT2D eigenvalue weighted by atomic mass is 16.5. The Hall–Kier alpha value is -2.69. The van der Waals surface area contributed by atoms with E-state index in [1.165, 1.54) is 12.1 Å².